The van der Waals surface area contributed by atoms with Gasteiger partial charge >= 0.3 is 5.97 Å². The van der Waals surface area contributed by atoms with Crippen molar-refractivity contribution < 1.29 is 14.7 Å². The molecule has 1 aromatic rings. The lowest BCUT2D eigenvalue weighted by molar-refractivity contribution is -0.138. The summed E-state index contributed by atoms with van der Waals surface area (Å²) in [6.45, 7) is 0. The van der Waals surface area contributed by atoms with Crippen molar-refractivity contribution in [3.63, 3.8) is 0 Å². The van der Waals surface area contributed by atoms with Crippen molar-refractivity contribution in [2.75, 3.05) is 0 Å². The van der Waals surface area contributed by atoms with Crippen LogP contribution in [-0.4, -0.2) is 28.0 Å². The molecular weight excluding hydrogens is 276 g/mol. The number of nitrogens with zero attached hydrogens (tertiary/aromatic N) is 1. The summed E-state index contributed by atoms with van der Waals surface area (Å²) in [4.78, 5) is 27.2. The maximum Gasteiger partial charge on any atom is 0.303 e. The Morgan fingerprint density at radius 2 is 2.15 bits per heavy atom. The molecule has 0 unspecified atom stereocenters. The number of rotatable bonds is 5. The van der Waals surface area contributed by atoms with Crippen LogP contribution in [0.2, 0.25) is 0 Å². The molecule has 6 heteroatoms. The summed E-state index contributed by atoms with van der Waals surface area (Å²) in [5.41, 5.74) is 0.513. The predicted molar refractivity (Wildman–Crippen MR) is 74.9 cm³/mol. The lowest BCUT2D eigenvalue weighted by atomic mass is 10.0. The molecule has 0 aromatic carbocycles. The monoisotopic (exact) mass is 294 g/mol. The van der Waals surface area contributed by atoms with Crippen molar-refractivity contribution >= 4 is 23.2 Å². The van der Waals surface area contributed by atoms with Gasteiger partial charge in [-0.05, 0) is 38.0 Å². The first-order chi connectivity index (χ1) is 9.61. The summed E-state index contributed by atoms with van der Waals surface area (Å²) >= 11 is 1.57. The minimum atomic E-state index is -0.754. The molecule has 2 N–H and O–H groups in total. The van der Waals surface area contributed by atoms with Crippen LogP contribution in [0.15, 0.2) is 5.38 Å². The molecule has 0 spiro atoms. The van der Waals surface area contributed by atoms with E-state index in [0.717, 1.165) is 24.3 Å². The van der Waals surface area contributed by atoms with E-state index in [1.807, 2.05) is 5.38 Å². The lowest BCUT2D eigenvalue weighted by Gasteiger charge is -2.11. The fraction of sp³-hybridized carbons (Fsp3) is 0.643. The fourth-order valence-corrected chi connectivity index (χ4v) is 3.78. The molecule has 1 amide bonds. The molecule has 108 valence electrons. The van der Waals surface area contributed by atoms with E-state index in [9.17, 15) is 9.59 Å². The van der Waals surface area contributed by atoms with Crippen molar-refractivity contribution in [3.05, 3.63) is 16.1 Å². The number of aromatic nitrogens is 1. The van der Waals surface area contributed by atoms with Crippen LogP contribution >= 0.6 is 11.3 Å². The maximum absolute atomic E-state index is 12.1. The van der Waals surface area contributed by atoms with Gasteiger partial charge in [0.25, 0.3) is 5.91 Å². The third-order valence-electron chi connectivity index (χ3n) is 4.02. The third-order valence-corrected chi connectivity index (χ3v) is 5.03. The number of hydrogen-bond acceptors (Lipinski definition) is 4. The molecule has 0 radical (unpaired) electrons. The first-order valence-corrected chi connectivity index (χ1v) is 7.98. The van der Waals surface area contributed by atoms with Crippen molar-refractivity contribution in [1.29, 1.82) is 0 Å². The van der Waals surface area contributed by atoms with Gasteiger partial charge in [0.05, 0.1) is 5.01 Å². The molecule has 20 heavy (non-hydrogen) atoms. The van der Waals surface area contributed by atoms with E-state index in [4.69, 9.17) is 5.11 Å². The summed E-state index contributed by atoms with van der Waals surface area (Å²) in [6.07, 6.45) is 5.08. The highest BCUT2D eigenvalue weighted by atomic mass is 32.1. The third kappa shape index (κ3) is 3.17. The second kappa shape index (κ2) is 5.52. The zero-order valence-electron chi connectivity index (χ0n) is 11.2. The Balaban J connectivity index is 1.52. The van der Waals surface area contributed by atoms with Gasteiger partial charge in [-0.2, -0.15) is 0 Å². The highest BCUT2D eigenvalue weighted by molar-refractivity contribution is 7.10. The number of thiazole rings is 1. The summed E-state index contributed by atoms with van der Waals surface area (Å²) in [5, 5.41) is 14.7. The first-order valence-electron chi connectivity index (χ1n) is 7.10. The number of hydrogen-bond donors (Lipinski definition) is 2. The molecule has 1 aromatic heterocycles. The van der Waals surface area contributed by atoms with Gasteiger partial charge in [-0.25, -0.2) is 4.98 Å². The first kappa shape index (κ1) is 13.5. The van der Waals surface area contributed by atoms with Gasteiger partial charge in [0.2, 0.25) is 0 Å². The second-order valence-corrected chi connectivity index (χ2v) is 6.68. The summed E-state index contributed by atoms with van der Waals surface area (Å²) in [5.74, 6) is -0.104. The van der Waals surface area contributed by atoms with Gasteiger partial charge in [0.15, 0.2) is 0 Å². The number of carboxylic acid groups (broad SMARTS) is 1. The Morgan fingerprint density at radius 3 is 2.85 bits per heavy atom. The number of amides is 1. The summed E-state index contributed by atoms with van der Waals surface area (Å²) in [7, 11) is 0. The normalized spacial score (nSPS) is 25.6. The van der Waals surface area contributed by atoms with Gasteiger partial charge < -0.3 is 10.4 Å². The number of nitrogens with one attached hydrogen (secondary N) is 1. The highest BCUT2D eigenvalue weighted by Crippen LogP contribution is 2.41. The van der Waals surface area contributed by atoms with Crippen molar-refractivity contribution in [1.82, 2.24) is 10.3 Å². The van der Waals surface area contributed by atoms with Crippen LogP contribution in [0.5, 0.6) is 0 Å². The van der Waals surface area contributed by atoms with E-state index in [2.05, 4.69) is 10.3 Å². The lowest BCUT2D eigenvalue weighted by Crippen LogP contribution is -2.33. The molecule has 0 aliphatic heterocycles. The average Bonchev–Trinajstić information content (AvgIpc) is 2.96. The summed E-state index contributed by atoms with van der Waals surface area (Å²) < 4.78 is 0. The van der Waals surface area contributed by atoms with Crippen LogP contribution in [0.25, 0.3) is 0 Å². The minimum absolute atomic E-state index is 0.0953. The van der Waals surface area contributed by atoms with E-state index >= 15 is 0 Å². The van der Waals surface area contributed by atoms with Gasteiger partial charge in [-0.15, -0.1) is 11.3 Å². The zero-order valence-corrected chi connectivity index (χ0v) is 12.0. The minimum Gasteiger partial charge on any atom is -0.481 e. The van der Waals surface area contributed by atoms with Crippen LogP contribution in [-0.2, 0) is 4.79 Å². The Kier molecular flexibility index (Phi) is 3.74. The van der Waals surface area contributed by atoms with Gasteiger partial charge in [-0.1, -0.05) is 0 Å². The number of carbonyl (C=O) groups is 2. The Labute approximate surface area is 121 Å². The number of carboxylic acids is 1. The van der Waals surface area contributed by atoms with E-state index in [-0.39, 0.29) is 24.3 Å². The fourth-order valence-electron chi connectivity index (χ4n) is 2.81. The van der Waals surface area contributed by atoms with E-state index in [1.54, 1.807) is 11.3 Å². The van der Waals surface area contributed by atoms with E-state index < -0.39 is 5.97 Å². The average molecular weight is 294 g/mol. The van der Waals surface area contributed by atoms with Crippen LogP contribution in [0.3, 0.4) is 0 Å². The standard InChI is InChI=1S/C14H18N2O3S/c17-12(18)6-8-1-4-10(5-8)15-13(19)11-7-20-14(16-11)9-2-3-9/h7-10H,1-6H2,(H,15,19)(H,17,18)/t8-,10+/m1/s1. The van der Waals surface area contributed by atoms with Crippen molar-refractivity contribution in [2.24, 2.45) is 5.92 Å². The Hall–Kier alpha value is -1.43. The molecule has 2 atom stereocenters. The molecule has 3 rings (SSSR count). The van der Waals surface area contributed by atoms with Crippen LogP contribution in [0.1, 0.15) is 59.9 Å². The van der Waals surface area contributed by atoms with Gasteiger partial charge in [0, 0.05) is 23.8 Å². The SMILES string of the molecule is O=C(O)C[C@@H]1CC[C@H](NC(=O)c2csc(C3CC3)n2)C1. The number of aliphatic carboxylic acids is 1. The largest absolute Gasteiger partial charge is 0.481 e. The van der Waals surface area contributed by atoms with Crippen LogP contribution < -0.4 is 5.32 Å². The highest BCUT2D eigenvalue weighted by Gasteiger charge is 2.30. The Morgan fingerprint density at radius 1 is 1.35 bits per heavy atom. The molecule has 2 aliphatic rings. The van der Waals surface area contributed by atoms with Gasteiger partial charge in [-0.3, -0.25) is 9.59 Å². The van der Waals surface area contributed by atoms with Crippen LogP contribution in [0.4, 0.5) is 0 Å². The maximum atomic E-state index is 12.1. The van der Waals surface area contributed by atoms with Crippen molar-refractivity contribution in [2.45, 2.75) is 50.5 Å². The molecule has 5 nitrogen and oxygen atoms in total. The Bertz CT molecular complexity index is 524. The molecule has 2 saturated carbocycles. The molecule has 2 aliphatic carbocycles. The smallest absolute Gasteiger partial charge is 0.303 e. The zero-order chi connectivity index (χ0) is 14.1. The summed E-state index contributed by atoms with van der Waals surface area (Å²) in [6, 6.07) is 0.0953. The van der Waals surface area contributed by atoms with Crippen LogP contribution in [0, 0.1) is 5.92 Å². The number of carbonyl (C=O) groups excluding carboxylic acids is 1. The quantitative estimate of drug-likeness (QED) is 0.874. The molecular formula is C14H18N2O3S. The molecule has 1 heterocycles. The molecule has 2 fully saturated rings. The van der Waals surface area contributed by atoms with Crippen molar-refractivity contribution in [3.8, 4) is 0 Å². The van der Waals surface area contributed by atoms with E-state index in [1.165, 1.54) is 12.8 Å². The second-order valence-electron chi connectivity index (χ2n) is 5.79. The van der Waals surface area contributed by atoms with Gasteiger partial charge in [0.1, 0.15) is 5.69 Å². The van der Waals surface area contributed by atoms with E-state index in [0.29, 0.717) is 11.6 Å². The molecule has 0 saturated heterocycles. The molecule has 0 bridgehead atoms. The predicted octanol–water partition coefficient (Wildman–Crippen LogP) is 2.39. The topological polar surface area (TPSA) is 79.3 Å².